The Labute approximate surface area is 113 Å². The van der Waals surface area contributed by atoms with Gasteiger partial charge < -0.3 is 14.4 Å². The first-order chi connectivity index (χ1) is 9.34. The lowest BCUT2D eigenvalue weighted by atomic mass is 10.0. The van der Waals surface area contributed by atoms with Crippen molar-refractivity contribution in [3.63, 3.8) is 0 Å². The average molecular weight is 261 g/mol. The normalized spacial score (nSPS) is 20.4. The number of aryl methyl sites for hydroxylation is 1. The highest BCUT2D eigenvalue weighted by atomic mass is 16.7. The molecule has 0 bridgehead atoms. The minimum atomic E-state index is -0.157. The van der Waals surface area contributed by atoms with Crippen molar-refractivity contribution in [2.24, 2.45) is 0 Å². The Morgan fingerprint density at radius 1 is 1.16 bits per heavy atom. The van der Waals surface area contributed by atoms with E-state index >= 15 is 0 Å². The Hall–Kier alpha value is -1.39. The van der Waals surface area contributed by atoms with Crippen LogP contribution in [0.5, 0.6) is 0 Å². The third-order valence-corrected chi connectivity index (χ3v) is 3.68. The van der Waals surface area contributed by atoms with Gasteiger partial charge in [-0.15, -0.1) is 0 Å². The van der Waals surface area contributed by atoms with E-state index in [4.69, 9.17) is 9.47 Å². The van der Waals surface area contributed by atoms with Crippen molar-refractivity contribution in [3.8, 4) is 0 Å². The summed E-state index contributed by atoms with van der Waals surface area (Å²) in [5.41, 5.74) is 2.31. The smallest absolute Gasteiger partial charge is 0.227 e. The third kappa shape index (κ3) is 2.80. The summed E-state index contributed by atoms with van der Waals surface area (Å²) in [4.78, 5) is 13.9. The number of carbonyl (C=O) groups is 1. The molecule has 1 amide bonds. The van der Waals surface area contributed by atoms with Crippen LogP contribution in [0.25, 0.3) is 0 Å². The van der Waals surface area contributed by atoms with Gasteiger partial charge in [0.15, 0.2) is 6.29 Å². The summed E-state index contributed by atoms with van der Waals surface area (Å²) >= 11 is 0. The van der Waals surface area contributed by atoms with E-state index in [0.29, 0.717) is 13.0 Å². The number of benzene rings is 1. The number of amides is 1. The number of anilines is 1. The van der Waals surface area contributed by atoms with Crippen LogP contribution in [0, 0.1) is 0 Å². The lowest BCUT2D eigenvalue weighted by Gasteiger charge is -2.31. The predicted octanol–water partition coefficient (Wildman–Crippen LogP) is 2.12. The van der Waals surface area contributed by atoms with Gasteiger partial charge in [-0.1, -0.05) is 18.2 Å². The van der Waals surface area contributed by atoms with Crippen molar-refractivity contribution in [3.05, 3.63) is 29.8 Å². The Morgan fingerprint density at radius 2 is 1.95 bits per heavy atom. The standard InChI is InChI=1S/C15H19NO3/c17-14-7-6-12-4-1-2-5-13(12)16(14)9-8-15-18-10-3-11-19-15/h1-2,4-5,15H,3,6-11H2. The molecule has 1 saturated heterocycles. The van der Waals surface area contributed by atoms with Gasteiger partial charge in [-0.25, -0.2) is 0 Å². The van der Waals surface area contributed by atoms with Gasteiger partial charge in [0.1, 0.15) is 0 Å². The molecule has 0 unspecified atom stereocenters. The number of carbonyl (C=O) groups excluding carboxylic acids is 1. The van der Waals surface area contributed by atoms with Crippen LogP contribution in [0.3, 0.4) is 0 Å². The molecule has 0 spiro atoms. The van der Waals surface area contributed by atoms with Gasteiger partial charge in [0.2, 0.25) is 5.91 Å². The number of fused-ring (bicyclic) bond motifs is 1. The predicted molar refractivity (Wildman–Crippen MR) is 72.0 cm³/mol. The fraction of sp³-hybridized carbons (Fsp3) is 0.533. The van der Waals surface area contributed by atoms with Gasteiger partial charge in [-0.3, -0.25) is 4.79 Å². The highest BCUT2D eigenvalue weighted by Crippen LogP contribution is 2.28. The lowest BCUT2D eigenvalue weighted by molar-refractivity contribution is -0.179. The van der Waals surface area contributed by atoms with Crippen LogP contribution < -0.4 is 4.90 Å². The number of hydrogen-bond donors (Lipinski definition) is 0. The Kier molecular flexibility index (Phi) is 3.80. The number of nitrogens with zero attached hydrogens (tertiary/aromatic N) is 1. The monoisotopic (exact) mass is 261 g/mol. The summed E-state index contributed by atoms with van der Waals surface area (Å²) in [5.74, 6) is 0.203. The molecule has 0 radical (unpaired) electrons. The van der Waals surface area contributed by atoms with Gasteiger partial charge in [0.05, 0.1) is 13.2 Å². The second kappa shape index (κ2) is 5.72. The summed E-state index contributed by atoms with van der Waals surface area (Å²) in [6.07, 6.45) is 2.99. The molecule has 19 heavy (non-hydrogen) atoms. The highest BCUT2D eigenvalue weighted by molar-refractivity contribution is 5.96. The lowest BCUT2D eigenvalue weighted by Crippen LogP contribution is -2.38. The summed E-state index contributed by atoms with van der Waals surface area (Å²) in [6.45, 7) is 2.19. The maximum Gasteiger partial charge on any atom is 0.227 e. The van der Waals surface area contributed by atoms with E-state index in [0.717, 1.165) is 38.2 Å². The zero-order valence-electron chi connectivity index (χ0n) is 11.0. The van der Waals surface area contributed by atoms with Gasteiger partial charge in [-0.2, -0.15) is 0 Å². The largest absolute Gasteiger partial charge is 0.353 e. The number of rotatable bonds is 3. The minimum absolute atomic E-state index is 0.157. The number of ether oxygens (including phenoxy) is 2. The summed E-state index contributed by atoms with van der Waals surface area (Å²) in [6, 6.07) is 8.13. The minimum Gasteiger partial charge on any atom is -0.353 e. The quantitative estimate of drug-likeness (QED) is 0.836. The van der Waals surface area contributed by atoms with Crippen molar-refractivity contribution in [2.75, 3.05) is 24.7 Å². The zero-order chi connectivity index (χ0) is 13.1. The molecule has 0 atom stereocenters. The van der Waals surface area contributed by atoms with Gasteiger partial charge in [-0.05, 0) is 24.5 Å². The van der Waals surface area contributed by atoms with Gasteiger partial charge >= 0.3 is 0 Å². The Balaban J connectivity index is 1.67. The van der Waals surface area contributed by atoms with Crippen LogP contribution in [0.15, 0.2) is 24.3 Å². The first kappa shape index (κ1) is 12.6. The Bertz CT molecular complexity index is 454. The van der Waals surface area contributed by atoms with E-state index in [2.05, 4.69) is 6.07 Å². The summed E-state index contributed by atoms with van der Waals surface area (Å²) in [5, 5.41) is 0. The van der Waals surface area contributed by atoms with Crippen LogP contribution in [0.1, 0.15) is 24.8 Å². The van der Waals surface area contributed by atoms with Crippen molar-refractivity contribution in [1.82, 2.24) is 0 Å². The Morgan fingerprint density at radius 3 is 2.79 bits per heavy atom. The van der Waals surface area contributed by atoms with Crippen molar-refractivity contribution in [1.29, 1.82) is 0 Å². The molecular formula is C15H19NO3. The summed E-state index contributed by atoms with van der Waals surface area (Å²) < 4.78 is 11.1. The molecule has 2 aliphatic heterocycles. The molecule has 0 aromatic heterocycles. The average Bonchev–Trinajstić information content (AvgIpc) is 2.47. The third-order valence-electron chi connectivity index (χ3n) is 3.68. The molecule has 0 saturated carbocycles. The SMILES string of the molecule is O=C1CCc2ccccc2N1CCC1OCCCO1. The second-order valence-corrected chi connectivity index (χ2v) is 4.99. The zero-order valence-corrected chi connectivity index (χ0v) is 11.0. The molecule has 0 N–H and O–H groups in total. The highest BCUT2D eigenvalue weighted by Gasteiger charge is 2.25. The van der Waals surface area contributed by atoms with E-state index < -0.39 is 0 Å². The van der Waals surface area contributed by atoms with E-state index in [1.807, 2.05) is 23.1 Å². The molecule has 2 heterocycles. The van der Waals surface area contributed by atoms with Crippen molar-refractivity contribution in [2.45, 2.75) is 32.0 Å². The molecular weight excluding hydrogens is 242 g/mol. The molecule has 102 valence electrons. The molecule has 1 aromatic rings. The van der Waals surface area contributed by atoms with Crippen LogP contribution in [-0.2, 0) is 20.7 Å². The molecule has 1 fully saturated rings. The molecule has 1 aromatic carbocycles. The van der Waals surface area contributed by atoms with Crippen molar-refractivity contribution >= 4 is 11.6 Å². The van der Waals surface area contributed by atoms with Crippen LogP contribution >= 0.6 is 0 Å². The molecule has 0 aliphatic carbocycles. The first-order valence-corrected chi connectivity index (χ1v) is 6.96. The number of para-hydroxylation sites is 1. The number of hydrogen-bond acceptors (Lipinski definition) is 3. The van der Waals surface area contributed by atoms with E-state index in [-0.39, 0.29) is 12.2 Å². The van der Waals surface area contributed by atoms with Crippen LogP contribution in [0.2, 0.25) is 0 Å². The van der Waals surface area contributed by atoms with Gasteiger partial charge in [0.25, 0.3) is 0 Å². The second-order valence-electron chi connectivity index (χ2n) is 4.99. The van der Waals surface area contributed by atoms with E-state index in [9.17, 15) is 4.79 Å². The molecule has 4 nitrogen and oxygen atoms in total. The van der Waals surface area contributed by atoms with Crippen LogP contribution in [-0.4, -0.2) is 32.0 Å². The van der Waals surface area contributed by atoms with Crippen molar-refractivity contribution < 1.29 is 14.3 Å². The van der Waals surface area contributed by atoms with Gasteiger partial charge in [0, 0.05) is 25.1 Å². The summed E-state index contributed by atoms with van der Waals surface area (Å²) in [7, 11) is 0. The van der Waals surface area contributed by atoms with E-state index in [1.165, 1.54) is 5.56 Å². The van der Waals surface area contributed by atoms with E-state index in [1.54, 1.807) is 0 Å². The fourth-order valence-electron chi connectivity index (χ4n) is 2.68. The molecule has 4 heteroatoms. The molecule has 3 rings (SSSR count). The maximum absolute atomic E-state index is 12.1. The fourth-order valence-corrected chi connectivity index (χ4v) is 2.68. The topological polar surface area (TPSA) is 38.8 Å². The maximum atomic E-state index is 12.1. The molecule has 2 aliphatic rings. The first-order valence-electron chi connectivity index (χ1n) is 6.96. The van der Waals surface area contributed by atoms with Crippen LogP contribution in [0.4, 0.5) is 5.69 Å².